The van der Waals surface area contributed by atoms with Crippen molar-refractivity contribution in [3.05, 3.63) is 46.7 Å². The van der Waals surface area contributed by atoms with Gasteiger partial charge in [0, 0.05) is 11.6 Å². The van der Waals surface area contributed by atoms with E-state index >= 15 is 0 Å². The van der Waals surface area contributed by atoms with Crippen molar-refractivity contribution >= 4 is 11.6 Å². The van der Waals surface area contributed by atoms with Gasteiger partial charge in [-0.05, 0) is 49.3 Å². The lowest BCUT2D eigenvalue weighted by molar-refractivity contribution is -0.000198. The van der Waals surface area contributed by atoms with Crippen LogP contribution in [-0.4, -0.2) is 37.9 Å². The molecule has 6 nitrogen and oxygen atoms in total. The van der Waals surface area contributed by atoms with Crippen LogP contribution in [0.1, 0.15) is 43.0 Å². The Kier molecular flexibility index (Phi) is 6.42. The molecular weight excluding hydrogens is 342 g/mol. The monoisotopic (exact) mass is 365 g/mol. The van der Waals surface area contributed by atoms with Gasteiger partial charge in [0.25, 0.3) is 0 Å². The fourth-order valence-corrected chi connectivity index (χ4v) is 3.27. The predicted molar refractivity (Wildman–Crippen MR) is 94.1 cm³/mol. The summed E-state index contributed by atoms with van der Waals surface area (Å²) in [6.45, 7) is 1.03. The predicted octanol–water partition coefficient (Wildman–Crippen LogP) is 2.73. The Labute approximate surface area is 152 Å². The molecule has 0 aliphatic heterocycles. The molecule has 0 spiro atoms. The molecule has 1 heterocycles. The summed E-state index contributed by atoms with van der Waals surface area (Å²) in [4.78, 5) is 0. The van der Waals surface area contributed by atoms with Gasteiger partial charge in [0.05, 0.1) is 31.6 Å². The van der Waals surface area contributed by atoms with E-state index in [9.17, 15) is 5.11 Å². The summed E-state index contributed by atoms with van der Waals surface area (Å²) < 4.78 is 7.53. The van der Waals surface area contributed by atoms with E-state index in [4.69, 9.17) is 21.4 Å². The zero-order chi connectivity index (χ0) is 17.6. The highest BCUT2D eigenvalue weighted by atomic mass is 35.5. The van der Waals surface area contributed by atoms with E-state index in [1.54, 1.807) is 35.1 Å². The normalized spacial score (nSPS) is 22.0. The maximum absolute atomic E-state index is 10.3. The first-order chi connectivity index (χ1) is 12.1. The summed E-state index contributed by atoms with van der Waals surface area (Å²) in [6, 6.07) is 7.12. The maximum Gasteiger partial charge on any atom is 0.108 e. The number of nitrogens with zero attached hydrogens (tertiary/aromatic N) is 3. The third-order valence-corrected chi connectivity index (χ3v) is 4.97. The van der Waals surface area contributed by atoms with E-state index in [2.05, 4.69) is 10.3 Å². The van der Waals surface area contributed by atoms with Crippen LogP contribution in [0.2, 0.25) is 5.02 Å². The summed E-state index contributed by atoms with van der Waals surface area (Å²) in [7, 11) is 0. The Morgan fingerprint density at radius 2 is 1.92 bits per heavy atom. The molecule has 1 fully saturated rings. The Morgan fingerprint density at radius 3 is 2.60 bits per heavy atom. The average molecular weight is 366 g/mol. The zero-order valence-corrected chi connectivity index (χ0v) is 14.8. The van der Waals surface area contributed by atoms with Crippen molar-refractivity contribution in [2.75, 3.05) is 6.61 Å². The van der Waals surface area contributed by atoms with E-state index in [1.807, 2.05) is 0 Å². The van der Waals surface area contributed by atoms with Crippen LogP contribution in [0.25, 0.3) is 0 Å². The largest absolute Gasteiger partial charge is 0.396 e. The van der Waals surface area contributed by atoms with Crippen LogP contribution in [-0.2, 0) is 17.9 Å². The fraction of sp³-hybridized carbons (Fsp3) is 0.556. The van der Waals surface area contributed by atoms with Crippen molar-refractivity contribution in [3.63, 3.8) is 0 Å². The van der Waals surface area contributed by atoms with Crippen molar-refractivity contribution in [1.82, 2.24) is 15.0 Å². The van der Waals surface area contributed by atoms with E-state index in [-0.39, 0.29) is 12.7 Å². The smallest absolute Gasteiger partial charge is 0.108 e. The lowest BCUT2D eigenvalue weighted by atomic mass is 9.88. The van der Waals surface area contributed by atoms with Gasteiger partial charge in [0.2, 0.25) is 0 Å². The minimum atomic E-state index is -0.665. The van der Waals surface area contributed by atoms with Crippen molar-refractivity contribution in [2.24, 2.45) is 5.92 Å². The third-order valence-electron chi connectivity index (χ3n) is 4.72. The van der Waals surface area contributed by atoms with Gasteiger partial charge in [-0.2, -0.15) is 0 Å². The van der Waals surface area contributed by atoms with Gasteiger partial charge in [-0.15, -0.1) is 5.10 Å². The quantitative estimate of drug-likeness (QED) is 0.788. The molecule has 1 aliphatic rings. The molecule has 3 rings (SSSR count). The molecule has 7 heteroatoms. The van der Waals surface area contributed by atoms with E-state index in [0.29, 0.717) is 24.1 Å². The maximum atomic E-state index is 10.3. The number of aliphatic hydroxyl groups is 2. The van der Waals surface area contributed by atoms with Gasteiger partial charge in [-0.25, -0.2) is 4.68 Å². The lowest BCUT2D eigenvalue weighted by Gasteiger charge is -2.26. The van der Waals surface area contributed by atoms with Gasteiger partial charge >= 0.3 is 0 Å². The molecule has 1 aromatic carbocycles. The van der Waals surface area contributed by atoms with Gasteiger partial charge in [0.15, 0.2) is 0 Å². The summed E-state index contributed by atoms with van der Waals surface area (Å²) >= 11 is 5.86. The molecule has 1 aliphatic carbocycles. The van der Waals surface area contributed by atoms with Crippen LogP contribution < -0.4 is 0 Å². The Balaban J connectivity index is 1.46. The molecule has 1 saturated carbocycles. The Hall–Kier alpha value is -1.47. The standard InChI is InChI=1S/C18H24ClN3O3/c19-15-5-3-14(4-6-15)18(24)10-22-9-16(20-21-22)12-25-17-7-1-13(11-23)2-8-17/h3-6,9,13,17-18,23-24H,1-2,7-8,10-12H2/t13?,17?,18-/m1/s1. The van der Waals surface area contributed by atoms with Crippen molar-refractivity contribution in [3.8, 4) is 0 Å². The number of ether oxygens (including phenoxy) is 1. The van der Waals surface area contributed by atoms with Crippen LogP contribution in [0.3, 0.4) is 0 Å². The van der Waals surface area contributed by atoms with Gasteiger partial charge in [0.1, 0.15) is 5.69 Å². The minimum absolute atomic E-state index is 0.229. The summed E-state index contributed by atoms with van der Waals surface area (Å²) in [5.74, 6) is 0.426. The molecule has 136 valence electrons. The summed E-state index contributed by atoms with van der Waals surface area (Å²) in [6.07, 6.45) is 5.36. The molecular formula is C18H24ClN3O3. The lowest BCUT2D eigenvalue weighted by Crippen LogP contribution is -2.23. The minimum Gasteiger partial charge on any atom is -0.396 e. The Morgan fingerprint density at radius 1 is 1.20 bits per heavy atom. The number of hydrogen-bond acceptors (Lipinski definition) is 5. The molecule has 1 aromatic heterocycles. The molecule has 0 bridgehead atoms. The molecule has 1 atom stereocenters. The second-order valence-corrected chi connectivity index (χ2v) is 7.07. The van der Waals surface area contributed by atoms with E-state index < -0.39 is 6.10 Å². The number of aromatic nitrogens is 3. The molecule has 0 amide bonds. The first kappa shape index (κ1) is 18.3. The number of hydrogen-bond donors (Lipinski definition) is 2. The number of rotatable bonds is 7. The van der Waals surface area contributed by atoms with Crippen molar-refractivity contribution < 1.29 is 14.9 Å². The summed E-state index contributed by atoms with van der Waals surface area (Å²) in [5, 5.41) is 28.2. The molecule has 0 saturated heterocycles. The SMILES string of the molecule is OCC1CCC(OCc2cn(C[C@@H](O)c3ccc(Cl)cc3)nn2)CC1. The highest BCUT2D eigenvalue weighted by Gasteiger charge is 2.21. The van der Waals surface area contributed by atoms with Gasteiger partial charge < -0.3 is 14.9 Å². The molecule has 2 aromatic rings. The van der Waals surface area contributed by atoms with Crippen LogP contribution in [0.15, 0.2) is 30.5 Å². The molecule has 0 unspecified atom stereocenters. The van der Waals surface area contributed by atoms with Gasteiger partial charge in [-0.1, -0.05) is 28.9 Å². The molecule has 25 heavy (non-hydrogen) atoms. The number of aliphatic hydroxyl groups excluding tert-OH is 2. The highest BCUT2D eigenvalue weighted by molar-refractivity contribution is 6.30. The topological polar surface area (TPSA) is 80.4 Å². The van der Waals surface area contributed by atoms with Crippen LogP contribution in [0.4, 0.5) is 0 Å². The van der Waals surface area contributed by atoms with Crippen LogP contribution in [0.5, 0.6) is 0 Å². The van der Waals surface area contributed by atoms with Gasteiger partial charge in [-0.3, -0.25) is 0 Å². The average Bonchev–Trinajstić information content (AvgIpc) is 3.08. The first-order valence-electron chi connectivity index (χ1n) is 8.69. The first-order valence-corrected chi connectivity index (χ1v) is 9.07. The number of benzene rings is 1. The molecule has 0 radical (unpaired) electrons. The highest BCUT2D eigenvalue weighted by Crippen LogP contribution is 2.26. The fourth-order valence-electron chi connectivity index (χ4n) is 3.15. The second-order valence-electron chi connectivity index (χ2n) is 6.64. The van der Waals surface area contributed by atoms with E-state index in [1.165, 1.54) is 0 Å². The van der Waals surface area contributed by atoms with Crippen molar-refractivity contribution in [1.29, 1.82) is 0 Å². The number of halogens is 1. The third kappa shape index (κ3) is 5.25. The van der Waals surface area contributed by atoms with Crippen LogP contribution >= 0.6 is 11.6 Å². The zero-order valence-electron chi connectivity index (χ0n) is 14.1. The molecule has 2 N–H and O–H groups in total. The summed E-state index contributed by atoms with van der Waals surface area (Å²) in [5.41, 5.74) is 1.55. The van der Waals surface area contributed by atoms with Crippen LogP contribution in [0, 0.1) is 5.92 Å². The Bertz CT molecular complexity index is 654. The second kappa shape index (κ2) is 8.76. The van der Waals surface area contributed by atoms with Crippen molar-refractivity contribution in [2.45, 2.75) is 51.0 Å². The van der Waals surface area contributed by atoms with E-state index in [0.717, 1.165) is 36.9 Å².